The van der Waals surface area contributed by atoms with Crippen LogP contribution in [0.1, 0.15) is 27.2 Å². The van der Waals surface area contributed by atoms with Crippen LogP contribution < -0.4 is 16.4 Å². The molecule has 0 aliphatic rings. The number of rotatable bonds is 6. The van der Waals surface area contributed by atoms with Gasteiger partial charge in [-0.15, -0.1) is 0 Å². The number of carbonyl (C=O) groups is 3. The molecule has 6 heteroatoms. The first-order chi connectivity index (χ1) is 7.38. The highest BCUT2D eigenvalue weighted by atomic mass is 16.2. The lowest BCUT2D eigenvalue weighted by atomic mass is 9.98. The van der Waals surface area contributed by atoms with Crippen molar-refractivity contribution >= 4 is 17.7 Å². The van der Waals surface area contributed by atoms with Crippen LogP contribution in [0.2, 0.25) is 0 Å². The third-order valence-corrected chi connectivity index (χ3v) is 2.33. The van der Waals surface area contributed by atoms with E-state index in [4.69, 9.17) is 5.73 Å². The standard InChI is InChI=1S/C10H19N3O3/c1-4-6(2)9(10(11)16)13-8(15)5-12-7(3)14/h6,9H,4-5H2,1-3H3,(H2,11,16)(H,12,14)(H,13,15)/t6-,9-/m0/s1. The van der Waals surface area contributed by atoms with Crippen LogP contribution in [-0.2, 0) is 14.4 Å². The van der Waals surface area contributed by atoms with Crippen LogP contribution in [0.5, 0.6) is 0 Å². The summed E-state index contributed by atoms with van der Waals surface area (Å²) in [5, 5.41) is 4.84. The Labute approximate surface area is 94.9 Å². The van der Waals surface area contributed by atoms with E-state index in [1.165, 1.54) is 6.92 Å². The van der Waals surface area contributed by atoms with Gasteiger partial charge in [-0.1, -0.05) is 20.3 Å². The minimum atomic E-state index is -0.689. The average Bonchev–Trinajstić information content (AvgIpc) is 2.21. The summed E-state index contributed by atoms with van der Waals surface area (Å²) in [6.07, 6.45) is 0.730. The zero-order valence-electron chi connectivity index (χ0n) is 9.87. The third-order valence-electron chi connectivity index (χ3n) is 2.33. The quantitative estimate of drug-likeness (QED) is 0.552. The number of amides is 3. The van der Waals surface area contributed by atoms with E-state index in [9.17, 15) is 14.4 Å². The van der Waals surface area contributed by atoms with Crippen molar-refractivity contribution in [3.8, 4) is 0 Å². The molecule has 92 valence electrons. The summed E-state index contributed by atoms with van der Waals surface area (Å²) in [4.78, 5) is 33.0. The first-order valence-corrected chi connectivity index (χ1v) is 5.21. The number of nitrogens with two attached hydrogens (primary N) is 1. The fourth-order valence-electron chi connectivity index (χ4n) is 1.16. The lowest BCUT2D eigenvalue weighted by molar-refractivity contribution is -0.129. The smallest absolute Gasteiger partial charge is 0.240 e. The SMILES string of the molecule is CC[C@H](C)[C@H](NC(=O)CNC(C)=O)C(N)=O. The van der Waals surface area contributed by atoms with Gasteiger partial charge in [0.25, 0.3) is 0 Å². The fourth-order valence-corrected chi connectivity index (χ4v) is 1.16. The van der Waals surface area contributed by atoms with Crippen LogP contribution in [0.3, 0.4) is 0 Å². The summed E-state index contributed by atoms with van der Waals surface area (Å²) < 4.78 is 0. The van der Waals surface area contributed by atoms with E-state index < -0.39 is 17.9 Å². The molecular weight excluding hydrogens is 210 g/mol. The Morgan fingerprint density at radius 3 is 2.25 bits per heavy atom. The van der Waals surface area contributed by atoms with Crippen LogP contribution in [0, 0.1) is 5.92 Å². The van der Waals surface area contributed by atoms with Gasteiger partial charge in [-0.3, -0.25) is 14.4 Å². The Bertz CT molecular complexity index is 278. The molecule has 0 bridgehead atoms. The minimum absolute atomic E-state index is 0.0289. The zero-order valence-corrected chi connectivity index (χ0v) is 9.87. The lowest BCUT2D eigenvalue weighted by Gasteiger charge is -2.21. The van der Waals surface area contributed by atoms with Gasteiger partial charge in [0.1, 0.15) is 6.04 Å². The Hall–Kier alpha value is -1.59. The minimum Gasteiger partial charge on any atom is -0.368 e. The molecule has 3 amide bonds. The Morgan fingerprint density at radius 2 is 1.88 bits per heavy atom. The van der Waals surface area contributed by atoms with Crippen molar-refractivity contribution in [2.24, 2.45) is 11.7 Å². The third kappa shape index (κ3) is 5.33. The normalized spacial score (nSPS) is 13.7. The van der Waals surface area contributed by atoms with Crippen molar-refractivity contribution in [3.05, 3.63) is 0 Å². The first kappa shape index (κ1) is 14.4. The van der Waals surface area contributed by atoms with Gasteiger partial charge in [-0.2, -0.15) is 0 Å². The van der Waals surface area contributed by atoms with Gasteiger partial charge in [0.05, 0.1) is 6.54 Å². The van der Waals surface area contributed by atoms with Crippen LogP contribution in [-0.4, -0.2) is 30.3 Å². The fraction of sp³-hybridized carbons (Fsp3) is 0.700. The van der Waals surface area contributed by atoms with Crippen molar-refractivity contribution < 1.29 is 14.4 Å². The van der Waals surface area contributed by atoms with E-state index in [-0.39, 0.29) is 18.4 Å². The molecule has 0 heterocycles. The highest BCUT2D eigenvalue weighted by Crippen LogP contribution is 2.06. The van der Waals surface area contributed by atoms with Crippen molar-refractivity contribution in [1.82, 2.24) is 10.6 Å². The maximum Gasteiger partial charge on any atom is 0.240 e. The van der Waals surface area contributed by atoms with E-state index in [1.807, 2.05) is 13.8 Å². The molecule has 16 heavy (non-hydrogen) atoms. The number of hydrogen-bond acceptors (Lipinski definition) is 3. The largest absolute Gasteiger partial charge is 0.368 e. The molecule has 6 nitrogen and oxygen atoms in total. The maximum atomic E-state index is 11.3. The van der Waals surface area contributed by atoms with Gasteiger partial charge in [-0.25, -0.2) is 0 Å². The first-order valence-electron chi connectivity index (χ1n) is 5.21. The lowest BCUT2D eigenvalue weighted by Crippen LogP contribution is -2.50. The predicted molar refractivity (Wildman–Crippen MR) is 59.3 cm³/mol. The van der Waals surface area contributed by atoms with Gasteiger partial charge in [0.2, 0.25) is 17.7 Å². The highest BCUT2D eigenvalue weighted by Gasteiger charge is 2.23. The highest BCUT2D eigenvalue weighted by molar-refractivity contribution is 5.89. The van der Waals surface area contributed by atoms with Crippen LogP contribution in [0.25, 0.3) is 0 Å². The topological polar surface area (TPSA) is 101 Å². The van der Waals surface area contributed by atoms with Crippen molar-refractivity contribution in [2.45, 2.75) is 33.2 Å². The second kappa shape index (κ2) is 6.81. The van der Waals surface area contributed by atoms with E-state index in [0.29, 0.717) is 0 Å². The number of carbonyl (C=O) groups excluding carboxylic acids is 3. The molecule has 0 rings (SSSR count). The molecule has 0 radical (unpaired) electrons. The molecule has 0 fully saturated rings. The average molecular weight is 229 g/mol. The molecule has 2 atom stereocenters. The Balaban J connectivity index is 4.24. The van der Waals surface area contributed by atoms with Gasteiger partial charge in [-0.05, 0) is 5.92 Å². The van der Waals surface area contributed by atoms with Crippen LogP contribution in [0.4, 0.5) is 0 Å². The summed E-state index contributed by atoms with van der Waals surface area (Å²) >= 11 is 0. The molecule has 0 aromatic rings. The summed E-state index contributed by atoms with van der Waals surface area (Å²) in [7, 11) is 0. The van der Waals surface area contributed by atoms with Crippen LogP contribution >= 0.6 is 0 Å². The monoisotopic (exact) mass is 229 g/mol. The van der Waals surface area contributed by atoms with Gasteiger partial charge >= 0.3 is 0 Å². The molecular formula is C10H19N3O3. The van der Waals surface area contributed by atoms with Gasteiger partial charge < -0.3 is 16.4 Å². The molecule has 0 aromatic heterocycles. The molecule has 0 saturated heterocycles. The van der Waals surface area contributed by atoms with E-state index >= 15 is 0 Å². The second-order valence-electron chi connectivity index (χ2n) is 3.74. The zero-order chi connectivity index (χ0) is 12.7. The van der Waals surface area contributed by atoms with Crippen molar-refractivity contribution in [1.29, 1.82) is 0 Å². The van der Waals surface area contributed by atoms with Gasteiger partial charge in [0.15, 0.2) is 0 Å². The second-order valence-corrected chi connectivity index (χ2v) is 3.74. The number of hydrogen-bond donors (Lipinski definition) is 3. The number of nitrogens with one attached hydrogen (secondary N) is 2. The predicted octanol–water partition coefficient (Wildman–Crippen LogP) is -0.861. The summed E-state index contributed by atoms with van der Waals surface area (Å²) in [6.45, 7) is 4.90. The maximum absolute atomic E-state index is 11.3. The summed E-state index contributed by atoms with van der Waals surface area (Å²) in [5.74, 6) is -1.31. The molecule has 0 aliphatic heterocycles. The van der Waals surface area contributed by atoms with Crippen LogP contribution in [0.15, 0.2) is 0 Å². The van der Waals surface area contributed by atoms with Crippen molar-refractivity contribution in [2.75, 3.05) is 6.54 Å². The molecule has 0 aliphatic carbocycles. The molecule has 0 spiro atoms. The Kier molecular flexibility index (Phi) is 6.14. The van der Waals surface area contributed by atoms with E-state index in [1.54, 1.807) is 0 Å². The van der Waals surface area contributed by atoms with E-state index in [2.05, 4.69) is 10.6 Å². The molecule has 0 aromatic carbocycles. The van der Waals surface area contributed by atoms with Crippen molar-refractivity contribution in [3.63, 3.8) is 0 Å². The molecule has 0 unspecified atom stereocenters. The summed E-state index contributed by atoms with van der Waals surface area (Å²) in [6, 6.07) is -0.689. The van der Waals surface area contributed by atoms with E-state index in [0.717, 1.165) is 6.42 Å². The summed E-state index contributed by atoms with van der Waals surface area (Å²) in [5.41, 5.74) is 5.18. The Morgan fingerprint density at radius 1 is 1.31 bits per heavy atom. The van der Waals surface area contributed by atoms with Gasteiger partial charge in [0, 0.05) is 6.92 Å². The molecule has 4 N–H and O–H groups in total. The number of primary amides is 1. The molecule has 0 saturated carbocycles.